The topological polar surface area (TPSA) is 49.4 Å². The number of carbonyl (C=O) groups excluding carboxylic acids is 2. The third-order valence-electron chi connectivity index (χ3n) is 3.95. The lowest BCUT2D eigenvalue weighted by Gasteiger charge is -2.16. The van der Waals surface area contributed by atoms with Crippen molar-refractivity contribution in [2.75, 3.05) is 16.8 Å². The van der Waals surface area contributed by atoms with E-state index < -0.39 is 0 Å². The number of benzene rings is 1. The fourth-order valence-corrected chi connectivity index (χ4v) is 2.60. The predicted molar refractivity (Wildman–Crippen MR) is 73.9 cm³/mol. The van der Waals surface area contributed by atoms with E-state index in [0.717, 1.165) is 30.8 Å². The van der Waals surface area contributed by atoms with E-state index in [9.17, 15) is 9.59 Å². The molecule has 2 fully saturated rings. The minimum absolute atomic E-state index is 0.0948. The summed E-state index contributed by atoms with van der Waals surface area (Å²) in [7, 11) is 0. The van der Waals surface area contributed by atoms with Crippen molar-refractivity contribution in [1.82, 2.24) is 0 Å². The summed E-state index contributed by atoms with van der Waals surface area (Å²) in [5.74, 6) is 0.928. The second-order valence-corrected chi connectivity index (χ2v) is 5.51. The van der Waals surface area contributed by atoms with Gasteiger partial charge in [-0.1, -0.05) is 13.0 Å². The largest absolute Gasteiger partial charge is 0.326 e. The van der Waals surface area contributed by atoms with Crippen LogP contribution in [0, 0.1) is 11.8 Å². The van der Waals surface area contributed by atoms with Gasteiger partial charge >= 0.3 is 0 Å². The molecule has 1 N–H and O–H groups in total. The highest BCUT2D eigenvalue weighted by molar-refractivity contribution is 5.98. The van der Waals surface area contributed by atoms with Crippen molar-refractivity contribution < 1.29 is 9.59 Å². The smallest absolute Gasteiger partial charge is 0.227 e. The molecular weight excluding hydrogens is 240 g/mol. The summed E-state index contributed by atoms with van der Waals surface area (Å²) in [5, 5.41) is 2.94. The summed E-state index contributed by atoms with van der Waals surface area (Å²) >= 11 is 0. The lowest BCUT2D eigenvalue weighted by molar-refractivity contribution is -0.118. The molecule has 100 valence electrons. The van der Waals surface area contributed by atoms with E-state index in [0.29, 0.717) is 12.3 Å². The molecule has 1 saturated heterocycles. The third-order valence-corrected chi connectivity index (χ3v) is 3.95. The Bertz CT molecular complexity index is 527. The minimum Gasteiger partial charge on any atom is -0.326 e. The van der Waals surface area contributed by atoms with Gasteiger partial charge in [0.2, 0.25) is 11.8 Å². The van der Waals surface area contributed by atoms with E-state index in [2.05, 4.69) is 12.2 Å². The van der Waals surface area contributed by atoms with E-state index in [1.165, 1.54) is 0 Å². The number of amides is 2. The molecule has 0 unspecified atom stereocenters. The van der Waals surface area contributed by atoms with Crippen LogP contribution in [0.15, 0.2) is 24.3 Å². The van der Waals surface area contributed by atoms with E-state index in [4.69, 9.17) is 0 Å². The standard InChI is InChI=1S/C15H18N2O2/c1-10-8-13(10)15(19)16-11-4-2-5-12(9-11)17-7-3-6-14(17)18/h2,4-5,9-10,13H,3,6-8H2,1H3,(H,16,19)/t10-,13+/m0/s1. The molecule has 0 spiro atoms. The Morgan fingerprint density at radius 1 is 1.42 bits per heavy atom. The summed E-state index contributed by atoms with van der Waals surface area (Å²) in [6, 6.07) is 7.55. The summed E-state index contributed by atoms with van der Waals surface area (Å²) in [6.45, 7) is 2.86. The number of nitrogens with one attached hydrogen (secondary N) is 1. The highest BCUT2D eigenvalue weighted by Gasteiger charge is 2.39. The number of rotatable bonds is 3. The Morgan fingerprint density at radius 3 is 2.84 bits per heavy atom. The average molecular weight is 258 g/mol. The molecule has 19 heavy (non-hydrogen) atoms. The van der Waals surface area contributed by atoms with E-state index in [-0.39, 0.29) is 17.7 Å². The number of carbonyl (C=O) groups is 2. The molecule has 0 aromatic heterocycles. The van der Waals surface area contributed by atoms with Crippen molar-refractivity contribution >= 4 is 23.2 Å². The van der Waals surface area contributed by atoms with Crippen LogP contribution in [0.3, 0.4) is 0 Å². The Morgan fingerprint density at radius 2 is 2.21 bits per heavy atom. The zero-order valence-electron chi connectivity index (χ0n) is 11.1. The highest BCUT2D eigenvalue weighted by atomic mass is 16.2. The van der Waals surface area contributed by atoms with Gasteiger partial charge in [0.15, 0.2) is 0 Å². The number of anilines is 2. The van der Waals surface area contributed by atoms with Gasteiger partial charge in [0.25, 0.3) is 0 Å². The first-order chi connectivity index (χ1) is 9.15. The second-order valence-electron chi connectivity index (χ2n) is 5.51. The number of hydrogen-bond donors (Lipinski definition) is 1. The van der Waals surface area contributed by atoms with Crippen LogP contribution in [0.4, 0.5) is 11.4 Å². The van der Waals surface area contributed by atoms with Crippen molar-refractivity contribution in [1.29, 1.82) is 0 Å². The quantitative estimate of drug-likeness (QED) is 0.905. The zero-order valence-corrected chi connectivity index (χ0v) is 11.1. The van der Waals surface area contributed by atoms with Crippen LogP contribution in [-0.2, 0) is 9.59 Å². The van der Waals surface area contributed by atoms with Crippen molar-refractivity contribution in [3.05, 3.63) is 24.3 Å². The van der Waals surface area contributed by atoms with Gasteiger partial charge in [-0.15, -0.1) is 0 Å². The van der Waals surface area contributed by atoms with E-state index in [1.807, 2.05) is 24.3 Å². The molecule has 2 aliphatic rings. The average Bonchev–Trinajstić information content (AvgIpc) is 2.96. The van der Waals surface area contributed by atoms with Crippen LogP contribution in [0.5, 0.6) is 0 Å². The second kappa shape index (κ2) is 4.68. The molecule has 1 aromatic carbocycles. The molecule has 1 aliphatic carbocycles. The van der Waals surface area contributed by atoms with Gasteiger partial charge < -0.3 is 10.2 Å². The molecular formula is C15H18N2O2. The van der Waals surface area contributed by atoms with Crippen LogP contribution >= 0.6 is 0 Å². The first-order valence-corrected chi connectivity index (χ1v) is 6.86. The Labute approximate surface area is 112 Å². The van der Waals surface area contributed by atoms with E-state index >= 15 is 0 Å². The molecule has 1 saturated carbocycles. The molecule has 2 atom stereocenters. The van der Waals surface area contributed by atoms with Gasteiger partial charge in [0.1, 0.15) is 0 Å². The summed E-state index contributed by atoms with van der Waals surface area (Å²) in [5.41, 5.74) is 1.66. The van der Waals surface area contributed by atoms with Gasteiger partial charge in [0, 0.05) is 30.3 Å². The molecule has 1 aliphatic heterocycles. The highest BCUT2D eigenvalue weighted by Crippen LogP contribution is 2.38. The SMILES string of the molecule is C[C@H]1C[C@H]1C(=O)Nc1cccc(N2CCCC2=O)c1. The zero-order chi connectivity index (χ0) is 13.4. The minimum atomic E-state index is 0.0948. The van der Waals surface area contributed by atoms with Crippen LogP contribution in [0.2, 0.25) is 0 Å². The van der Waals surface area contributed by atoms with Gasteiger partial charge in [-0.25, -0.2) is 0 Å². The predicted octanol–water partition coefficient (Wildman–Crippen LogP) is 2.41. The van der Waals surface area contributed by atoms with Crippen LogP contribution in [-0.4, -0.2) is 18.4 Å². The first kappa shape index (κ1) is 12.2. The fourth-order valence-electron chi connectivity index (χ4n) is 2.60. The van der Waals surface area contributed by atoms with Gasteiger partial charge in [0.05, 0.1) is 0 Å². The number of hydrogen-bond acceptors (Lipinski definition) is 2. The maximum Gasteiger partial charge on any atom is 0.227 e. The Hall–Kier alpha value is -1.84. The lowest BCUT2D eigenvalue weighted by Crippen LogP contribution is -2.23. The molecule has 4 nitrogen and oxygen atoms in total. The number of nitrogens with zero attached hydrogens (tertiary/aromatic N) is 1. The monoisotopic (exact) mass is 258 g/mol. The fraction of sp³-hybridized carbons (Fsp3) is 0.467. The van der Waals surface area contributed by atoms with Crippen LogP contribution in [0.1, 0.15) is 26.2 Å². The van der Waals surface area contributed by atoms with Crippen molar-refractivity contribution in [2.45, 2.75) is 26.2 Å². The lowest BCUT2D eigenvalue weighted by atomic mass is 10.2. The maximum atomic E-state index is 11.9. The Kier molecular flexibility index (Phi) is 3.01. The van der Waals surface area contributed by atoms with Gasteiger partial charge in [-0.2, -0.15) is 0 Å². The molecule has 2 amide bonds. The van der Waals surface area contributed by atoms with Crippen molar-refractivity contribution in [3.63, 3.8) is 0 Å². The summed E-state index contributed by atoms with van der Waals surface area (Å²) < 4.78 is 0. The van der Waals surface area contributed by atoms with Crippen molar-refractivity contribution in [2.24, 2.45) is 11.8 Å². The first-order valence-electron chi connectivity index (χ1n) is 6.86. The molecule has 0 radical (unpaired) electrons. The Balaban J connectivity index is 1.72. The summed E-state index contributed by atoms with van der Waals surface area (Å²) in [4.78, 5) is 25.4. The molecule has 3 rings (SSSR count). The molecule has 1 aromatic rings. The van der Waals surface area contributed by atoms with Crippen molar-refractivity contribution in [3.8, 4) is 0 Å². The van der Waals surface area contributed by atoms with Gasteiger partial charge in [-0.05, 0) is 37.0 Å². The normalized spacial score (nSPS) is 25.5. The third kappa shape index (κ3) is 2.48. The van der Waals surface area contributed by atoms with Crippen LogP contribution < -0.4 is 10.2 Å². The molecule has 0 bridgehead atoms. The maximum absolute atomic E-state index is 11.9. The molecule has 1 heterocycles. The summed E-state index contributed by atoms with van der Waals surface area (Å²) in [6.07, 6.45) is 2.52. The van der Waals surface area contributed by atoms with Gasteiger partial charge in [-0.3, -0.25) is 9.59 Å². The van der Waals surface area contributed by atoms with Crippen LogP contribution in [0.25, 0.3) is 0 Å². The van der Waals surface area contributed by atoms with E-state index in [1.54, 1.807) is 4.90 Å². The molecule has 4 heteroatoms.